The number of hydrogen-bond acceptors (Lipinski definition) is 4. The summed E-state index contributed by atoms with van der Waals surface area (Å²) >= 11 is 0. The van der Waals surface area contributed by atoms with Crippen molar-refractivity contribution in [2.24, 2.45) is 5.92 Å². The largest absolute Gasteiger partial charge is 0.494 e. The molecule has 1 aliphatic carbocycles. The van der Waals surface area contributed by atoms with Crippen LogP contribution in [0.1, 0.15) is 39.0 Å². The van der Waals surface area contributed by atoms with Gasteiger partial charge in [-0.3, -0.25) is 4.79 Å². The molecule has 0 spiro atoms. The summed E-state index contributed by atoms with van der Waals surface area (Å²) in [5, 5.41) is 3.01. The number of nitrogens with zero attached hydrogens (tertiary/aromatic N) is 1. The lowest BCUT2D eigenvalue weighted by Gasteiger charge is -2.37. The molecule has 0 aromatic heterocycles. The fourth-order valence-electron chi connectivity index (χ4n) is 3.44. The Hall–Kier alpha value is -1.59. The summed E-state index contributed by atoms with van der Waals surface area (Å²) in [5.74, 6) is 1.29. The molecular formula is C20H32N2O3. The quantitative estimate of drug-likeness (QED) is 0.730. The molecule has 25 heavy (non-hydrogen) atoms. The van der Waals surface area contributed by atoms with E-state index in [1.807, 2.05) is 24.3 Å². The molecule has 2 atom stereocenters. The fraction of sp³-hybridized carbons (Fsp3) is 0.650. The predicted molar refractivity (Wildman–Crippen MR) is 101 cm³/mol. The summed E-state index contributed by atoms with van der Waals surface area (Å²) < 4.78 is 11.4. The molecule has 0 radical (unpaired) electrons. The number of carbonyl (C=O) groups is 1. The molecule has 0 bridgehead atoms. The second-order valence-corrected chi connectivity index (χ2v) is 7.38. The molecule has 1 saturated carbocycles. The number of benzene rings is 1. The van der Waals surface area contributed by atoms with E-state index in [-0.39, 0.29) is 5.91 Å². The minimum atomic E-state index is -0.695. The van der Waals surface area contributed by atoms with Crippen molar-refractivity contribution >= 4 is 11.6 Å². The number of nitrogens with one attached hydrogen (secondary N) is 1. The van der Waals surface area contributed by atoms with E-state index < -0.39 is 5.60 Å². The third-order valence-electron chi connectivity index (χ3n) is 4.89. The van der Waals surface area contributed by atoms with Gasteiger partial charge in [0.25, 0.3) is 5.91 Å². The van der Waals surface area contributed by atoms with Gasteiger partial charge in [0.15, 0.2) is 0 Å². The van der Waals surface area contributed by atoms with Gasteiger partial charge in [0.1, 0.15) is 11.4 Å². The number of carbonyl (C=O) groups excluding carboxylic acids is 1. The maximum absolute atomic E-state index is 12.8. The Morgan fingerprint density at radius 2 is 2.04 bits per heavy atom. The first kappa shape index (κ1) is 19.7. The number of anilines is 1. The van der Waals surface area contributed by atoms with Gasteiger partial charge >= 0.3 is 0 Å². The molecule has 0 saturated heterocycles. The van der Waals surface area contributed by atoms with Crippen molar-refractivity contribution in [1.29, 1.82) is 0 Å². The molecule has 5 heteroatoms. The van der Waals surface area contributed by atoms with Crippen molar-refractivity contribution in [1.82, 2.24) is 4.90 Å². The average molecular weight is 348 g/mol. The van der Waals surface area contributed by atoms with Crippen LogP contribution >= 0.6 is 0 Å². The van der Waals surface area contributed by atoms with Crippen LogP contribution < -0.4 is 10.1 Å². The van der Waals surface area contributed by atoms with Gasteiger partial charge in [0, 0.05) is 19.3 Å². The first-order chi connectivity index (χ1) is 11.9. The topological polar surface area (TPSA) is 50.8 Å². The Morgan fingerprint density at radius 3 is 2.64 bits per heavy atom. The minimum absolute atomic E-state index is 0.0406. The molecule has 1 aromatic carbocycles. The highest BCUT2D eigenvalue weighted by molar-refractivity contribution is 5.97. The summed E-state index contributed by atoms with van der Waals surface area (Å²) in [6, 6.07) is 7.56. The molecule has 0 heterocycles. The highest BCUT2D eigenvalue weighted by Gasteiger charge is 2.41. The molecule has 140 valence electrons. The highest BCUT2D eigenvalue weighted by Crippen LogP contribution is 2.35. The van der Waals surface area contributed by atoms with Crippen molar-refractivity contribution < 1.29 is 14.3 Å². The average Bonchev–Trinajstić information content (AvgIpc) is 2.59. The number of amides is 1. The van der Waals surface area contributed by atoms with Gasteiger partial charge in [-0.15, -0.1) is 0 Å². The Balaban J connectivity index is 1.88. The van der Waals surface area contributed by atoms with Gasteiger partial charge in [-0.1, -0.05) is 13.3 Å². The second kappa shape index (κ2) is 9.20. The molecular weight excluding hydrogens is 316 g/mol. The third-order valence-corrected chi connectivity index (χ3v) is 4.89. The smallest absolute Gasteiger partial charge is 0.256 e. The maximum atomic E-state index is 12.8. The van der Waals surface area contributed by atoms with Crippen LogP contribution in [0, 0.1) is 5.92 Å². The van der Waals surface area contributed by atoms with Gasteiger partial charge in [-0.2, -0.15) is 0 Å². The van der Waals surface area contributed by atoms with Gasteiger partial charge < -0.3 is 19.7 Å². The van der Waals surface area contributed by atoms with E-state index in [4.69, 9.17) is 9.47 Å². The van der Waals surface area contributed by atoms with E-state index in [0.717, 1.165) is 50.1 Å². The van der Waals surface area contributed by atoms with Gasteiger partial charge in [0.2, 0.25) is 0 Å². The second-order valence-electron chi connectivity index (χ2n) is 7.38. The van der Waals surface area contributed by atoms with Crippen LogP contribution in [0.4, 0.5) is 5.69 Å². The third kappa shape index (κ3) is 5.72. The maximum Gasteiger partial charge on any atom is 0.256 e. The van der Waals surface area contributed by atoms with E-state index >= 15 is 0 Å². The molecule has 1 fully saturated rings. The normalized spacial score (nSPS) is 23.5. The first-order valence-corrected chi connectivity index (χ1v) is 9.19. The lowest BCUT2D eigenvalue weighted by atomic mass is 9.78. The number of hydrogen-bond donors (Lipinski definition) is 1. The molecule has 2 rings (SSSR count). The lowest BCUT2D eigenvalue weighted by Crippen LogP contribution is -2.47. The lowest BCUT2D eigenvalue weighted by molar-refractivity contribution is -0.143. The SMILES string of the molecule is CO[C@]1(C(=O)Nc2ccc(OCCCN(C)C)cc2)CCC[C@H](C)C1. The summed E-state index contributed by atoms with van der Waals surface area (Å²) in [7, 11) is 5.75. The first-order valence-electron chi connectivity index (χ1n) is 9.19. The molecule has 1 amide bonds. The van der Waals surface area contributed by atoms with Gasteiger partial charge in [0.05, 0.1) is 6.61 Å². The van der Waals surface area contributed by atoms with Crippen LogP contribution in [0.25, 0.3) is 0 Å². The fourth-order valence-corrected chi connectivity index (χ4v) is 3.44. The van der Waals surface area contributed by atoms with E-state index in [1.54, 1.807) is 7.11 Å². The molecule has 5 nitrogen and oxygen atoms in total. The zero-order valence-corrected chi connectivity index (χ0v) is 16.0. The Labute approximate surface area is 151 Å². The molecule has 0 aliphatic heterocycles. The van der Waals surface area contributed by atoms with Gasteiger partial charge in [-0.25, -0.2) is 0 Å². The summed E-state index contributed by atoms with van der Waals surface area (Å²) in [6.07, 6.45) is 4.75. The van der Waals surface area contributed by atoms with Crippen molar-refractivity contribution in [3.05, 3.63) is 24.3 Å². The molecule has 0 unspecified atom stereocenters. The standard InChI is InChI=1S/C20H32N2O3/c1-16-7-5-12-20(15-16,24-4)19(23)21-17-8-10-18(11-9-17)25-14-6-13-22(2)3/h8-11,16H,5-7,12-15H2,1-4H3,(H,21,23)/t16-,20+/m0/s1. The van der Waals surface area contributed by atoms with Crippen molar-refractivity contribution in [2.45, 2.75) is 44.6 Å². The van der Waals surface area contributed by atoms with Crippen LogP contribution in [-0.2, 0) is 9.53 Å². The molecule has 1 N–H and O–H groups in total. The van der Waals surface area contributed by atoms with Crippen LogP contribution in [0.3, 0.4) is 0 Å². The van der Waals surface area contributed by atoms with Crippen molar-refractivity contribution in [3.63, 3.8) is 0 Å². The summed E-state index contributed by atoms with van der Waals surface area (Å²) in [5.41, 5.74) is 0.0826. The zero-order valence-electron chi connectivity index (χ0n) is 16.0. The van der Waals surface area contributed by atoms with Gasteiger partial charge in [-0.05, 0) is 70.0 Å². The van der Waals surface area contributed by atoms with Crippen LogP contribution in [0.15, 0.2) is 24.3 Å². The Bertz CT molecular complexity index is 544. The monoisotopic (exact) mass is 348 g/mol. The molecule has 1 aromatic rings. The number of methoxy groups -OCH3 is 1. The van der Waals surface area contributed by atoms with Crippen molar-refractivity contribution in [3.8, 4) is 5.75 Å². The van der Waals surface area contributed by atoms with E-state index in [0.29, 0.717) is 12.5 Å². The van der Waals surface area contributed by atoms with Crippen LogP contribution in [0.5, 0.6) is 5.75 Å². The Kier molecular flexibility index (Phi) is 7.26. The van der Waals surface area contributed by atoms with Crippen molar-refractivity contribution in [2.75, 3.05) is 39.7 Å². The Morgan fingerprint density at radius 1 is 1.32 bits per heavy atom. The van der Waals surface area contributed by atoms with E-state index in [2.05, 4.69) is 31.2 Å². The zero-order chi connectivity index (χ0) is 18.3. The number of rotatable bonds is 8. The van der Waals surface area contributed by atoms with Crippen LogP contribution in [-0.4, -0.2) is 50.8 Å². The van der Waals surface area contributed by atoms with Crippen LogP contribution in [0.2, 0.25) is 0 Å². The predicted octanol–water partition coefficient (Wildman–Crippen LogP) is 3.55. The summed E-state index contributed by atoms with van der Waals surface area (Å²) in [4.78, 5) is 14.9. The van der Waals surface area contributed by atoms with E-state index in [1.165, 1.54) is 0 Å². The van der Waals surface area contributed by atoms with E-state index in [9.17, 15) is 4.79 Å². The number of ether oxygens (including phenoxy) is 2. The molecule has 1 aliphatic rings. The summed E-state index contributed by atoms with van der Waals surface area (Å²) in [6.45, 7) is 3.88. The highest BCUT2D eigenvalue weighted by atomic mass is 16.5. The minimum Gasteiger partial charge on any atom is -0.494 e.